The van der Waals surface area contributed by atoms with Gasteiger partial charge in [0.1, 0.15) is 0 Å². The Morgan fingerprint density at radius 3 is 2.61 bits per heavy atom. The molecule has 0 aromatic carbocycles. The zero-order chi connectivity index (χ0) is 16.5. The zero-order valence-corrected chi connectivity index (χ0v) is 14.3. The summed E-state index contributed by atoms with van der Waals surface area (Å²) < 4.78 is 0. The van der Waals surface area contributed by atoms with Crippen molar-refractivity contribution >= 4 is 5.91 Å². The van der Waals surface area contributed by atoms with Crippen molar-refractivity contribution in [2.45, 2.75) is 76.9 Å². The third-order valence-electron chi connectivity index (χ3n) is 8.43. The van der Waals surface area contributed by atoms with Crippen LogP contribution in [0.15, 0.2) is 0 Å². The molecule has 3 saturated carbocycles. The Labute approximate surface area is 138 Å². The van der Waals surface area contributed by atoms with Crippen LogP contribution in [0.25, 0.3) is 0 Å². The van der Waals surface area contributed by atoms with E-state index in [1.807, 2.05) is 0 Å². The molecule has 1 aliphatic heterocycles. The minimum atomic E-state index is -1.14. The standard InChI is InChI=1S/C19H28N2O2/c1-17-8-7-16(22)21-15(17)4-3-12-13(17)5-9-18(2)14(12)6-10-19(18,23)11-20/h12-15,23H,3-10H2,1-2H3,(H,21,22)/t12-,13-,14+,15?,17-,18+,19?/m1/s1. The molecule has 3 aliphatic carbocycles. The van der Waals surface area contributed by atoms with Crippen LogP contribution in [0.5, 0.6) is 0 Å². The van der Waals surface area contributed by atoms with Gasteiger partial charge < -0.3 is 10.4 Å². The smallest absolute Gasteiger partial charge is 0.220 e. The molecule has 0 aromatic heterocycles. The minimum absolute atomic E-state index is 0.200. The van der Waals surface area contributed by atoms with Gasteiger partial charge >= 0.3 is 0 Å². The molecular weight excluding hydrogens is 288 g/mol. The van der Waals surface area contributed by atoms with Crippen LogP contribution in [0.1, 0.15) is 65.2 Å². The van der Waals surface area contributed by atoms with Crippen molar-refractivity contribution < 1.29 is 9.90 Å². The molecule has 0 aromatic rings. The second kappa shape index (κ2) is 4.72. The molecule has 1 saturated heterocycles. The van der Waals surface area contributed by atoms with E-state index in [4.69, 9.17) is 0 Å². The fourth-order valence-electron chi connectivity index (χ4n) is 6.90. The molecule has 2 N–H and O–H groups in total. The number of rotatable bonds is 0. The highest BCUT2D eigenvalue weighted by molar-refractivity contribution is 5.77. The van der Waals surface area contributed by atoms with Gasteiger partial charge in [-0.05, 0) is 68.1 Å². The number of carbonyl (C=O) groups excluding carboxylic acids is 1. The molecule has 126 valence electrons. The first kappa shape index (κ1) is 15.4. The van der Waals surface area contributed by atoms with Crippen molar-refractivity contribution in [1.29, 1.82) is 5.26 Å². The Bertz CT molecular complexity index is 584. The Kier molecular flexibility index (Phi) is 3.17. The molecule has 2 unspecified atom stereocenters. The molecule has 4 heteroatoms. The van der Waals surface area contributed by atoms with Crippen LogP contribution in [0.3, 0.4) is 0 Å². The first-order chi connectivity index (χ1) is 10.8. The monoisotopic (exact) mass is 316 g/mol. The lowest BCUT2D eigenvalue weighted by molar-refractivity contribution is -0.142. The van der Waals surface area contributed by atoms with E-state index in [0.29, 0.717) is 36.6 Å². The quantitative estimate of drug-likeness (QED) is 0.675. The van der Waals surface area contributed by atoms with E-state index in [-0.39, 0.29) is 16.7 Å². The number of nitriles is 1. The summed E-state index contributed by atoms with van der Waals surface area (Å²) in [4.78, 5) is 11.8. The molecular formula is C19H28N2O2. The molecule has 7 atom stereocenters. The molecule has 0 bridgehead atoms. The summed E-state index contributed by atoms with van der Waals surface area (Å²) in [6.45, 7) is 4.53. The highest BCUT2D eigenvalue weighted by Crippen LogP contribution is 2.66. The molecule has 0 radical (unpaired) electrons. The molecule has 4 nitrogen and oxygen atoms in total. The van der Waals surface area contributed by atoms with Crippen molar-refractivity contribution in [2.75, 3.05) is 0 Å². The van der Waals surface area contributed by atoms with Gasteiger partial charge in [-0.25, -0.2) is 0 Å². The molecule has 0 spiro atoms. The predicted octanol–water partition coefficient (Wildman–Crippen LogP) is 2.76. The number of carbonyl (C=O) groups is 1. The third-order valence-corrected chi connectivity index (χ3v) is 8.43. The lowest BCUT2D eigenvalue weighted by Gasteiger charge is -2.60. The maximum Gasteiger partial charge on any atom is 0.220 e. The van der Waals surface area contributed by atoms with E-state index in [0.717, 1.165) is 38.5 Å². The first-order valence-electron chi connectivity index (χ1n) is 9.27. The summed E-state index contributed by atoms with van der Waals surface area (Å²) in [6, 6.07) is 2.57. The van der Waals surface area contributed by atoms with Gasteiger partial charge in [0.15, 0.2) is 5.60 Å². The van der Waals surface area contributed by atoms with Crippen molar-refractivity contribution in [1.82, 2.24) is 5.32 Å². The van der Waals surface area contributed by atoms with Crippen LogP contribution in [-0.2, 0) is 4.79 Å². The van der Waals surface area contributed by atoms with Gasteiger partial charge in [-0.2, -0.15) is 5.26 Å². The van der Waals surface area contributed by atoms with Crippen molar-refractivity contribution in [3.63, 3.8) is 0 Å². The Morgan fingerprint density at radius 2 is 1.87 bits per heavy atom. The van der Waals surface area contributed by atoms with Crippen LogP contribution in [0.4, 0.5) is 0 Å². The number of amides is 1. The van der Waals surface area contributed by atoms with Crippen molar-refractivity contribution in [2.24, 2.45) is 28.6 Å². The van der Waals surface area contributed by atoms with Gasteiger partial charge in [-0.3, -0.25) is 4.79 Å². The average Bonchev–Trinajstić information content (AvgIpc) is 2.80. The number of piperidine rings is 1. The van der Waals surface area contributed by atoms with Gasteiger partial charge in [0.2, 0.25) is 5.91 Å². The average molecular weight is 316 g/mol. The maximum atomic E-state index is 11.8. The molecule has 4 fully saturated rings. The lowest BCUT2D eigenvalue weighted by Crippen LogP contribution is -2.62. The molecule has 1 heterocycles. The summed E-state index contributed by atoms with van der Waals surface area (Å²) in [6.07, 6.45) is 7.48. The van der Waals surface area contributed by atoms with Gasteiger partial charge in [0, 0.05) is 17.9 Å². The SMILES string of the molecule is C[C@]12CCC(=O)NC1CC[C@@H]1[C@H]2CC[C@@]2(C)[C@H]1CCC2(O)C#N. The van der Waals surface area contributed by atoms with E-state index in [9.17, 15) is 15.2 Å². The topological polar surface area (TPSA) is 73.1 Å². The fourth-order valence-corrected chi connectivity index (χ4v) is 6.90. The number of fused-ring (bicyclic) bond motifs is 5. The fraction of sp³-hybridized carbons (Fsp3) is 0.895. The van der Waals surface area contributed by atoms with Crippen LogP contribution in [-0.4, -0.2) is 22.7 Å². The normalized spacial score (nSPS) is 55.1. The summed E-state index contributed by atoms with van der Waals surface area (Å²) in [5.74, 6) is 1.90. The summed E-state index contributed by atoms with van der Waals surface area (Å²) in [5, 5.41) is 23.7. The van der Waals surface area contributed by atoms with Gasteiger partial charge in [0.25, 0.3) is 0 Å². The molecule has 4 rings (SSSR count). The second-order valence-electron chi connectivity index (χ2n) is 9.05. The number of nitrogens with one attached hydrogen (secondary N) is 1. The Hall–Kier alpha value is -1.08. The third kappa shape index (κ3) is 1.83. The molecule has 4 aliphatic rings. The number of hydrogen-bond acceptors (Lipinski definition) is 3. The molecule has 1 amide bonds. The Balaban J connectivity index is 1.66. The summed E-state index contributed by atoms with van der Waals surface area (Å²) >= 11 is 0. The van der Waals surface area contributed by atoms with E-state index < -0.39 is 5.60 Å². The van der Waals surface area contributed by atoms with Crippen LogP contribution >= 0.6 is 0 Å². The van der Waals surface area contributed by atoms with Crippen molar-refractivity contribution in [3.05, 3.63) is 0 Å². The first-order valence-corrected chi connectivity index (χ1v) is 9.27. The minimum Gasteiger partial charge on any atom is -0.375 e. The Morgan fingerprint density at radius 1 is 1.13 bits per heavy atom. The zero-order valence-electron chi connectivity index (χ0n) is 14.3. The summed E-state index contributed by atoms with van der Waals surface area (Å²) in [5.41, 5.74) is -1.18. The highest BCUT2D eigenvalue weighted by Gasteiger charge is 2.65. The number of aliphatic hydroxyl groups is 1. The van der Waals surface area contributed by atoms with Gasteiger partial charge in [-0.1, -0.05) is 13.8 Å². The van der Waals surface area contributed by atoms with Crippen LogP contribution in [0, 0.1) is 39.9 Å². The molecule has 23 heavy (non-hydrogen) atoms. The van der Waals surface area contributed by atoms with Crippen LogP contribution < -0.4 is 5.32 Å². The lowest BCUT2D eigenvalue weighted by atomic mass is 9.46. The largest absolute Gasteiger partial charge is 0.375 e. The highest BCUT2D eigenvalue weighted by atomic mass is 16.3. The van der Waals surface area contributed by atoms with E-state index >= 15 is 0 Å². The van der Waals surface area contributed by atoms with E-state index in [2.05, 4.69) is 25.2 Å². The second-order valence-corrected chi connectivity index (χ2v) is 9.05. The summed E-state index contributed by atoms with van der Waals surface area (Å²) in [7, 11) is 0. The number of nitrogens with zero attached hydrogens (tertiary/aromatic N) is 1. The predicted molar refractivity (Wildman–Crippen MR) is 86.1 cm³/mol. The van der Waals surface area contributed by atoms with Gasteiger partial charge in [-0.15, -0.1) is 0 Å². The van der Waals surface area contributed by atoms with E-state index in [1.54, 1.807) is 0 Å². The van der Waals surface area contributed by atoms with E-state index in [1.165, 1.54) is 0 Å². The maximum absolute atomic E-state index is 11.8. The number of hydrogen-bond donors (Lipinski definition) is 2. The van der Waals surface area contributed by atoms with Crippen molar-refractivity contribution in [3.8, 4) is 6.07 Å². The van der Waals surface area contributed by atoms with Crippen LogP contribution in [0.2, 0.25) is 0 Å². The van der Waals surface area contributed by atoms with Gasteiger partial charge in [0.05, 0.1) is 6.07 Å².